The first-order valence-electron chi connectivity index (χ1n) is 5.87. The van der Waals surface area contributed by atoms with Crippen LogP contribution in [0.3, 0.4) is 0 Å². The number of rotatable bonds is 2. The van der Waals surface area contributed by atoms with Crippen molar-refractivity contribution in [2.75, 3.05) is 7.11 Å². The molecular weight excluding hydrogens is 210 g/mol. The van der Waals surface area contributed by atoms with Crippen LogP contribution in [0.25, 0.3) is 11.3 Å². The Hall–Kier alpha value is -1.83. The van der Waals surface area contributed by atoms with Crippen molar-refractivity contribution >= 4 is 0 Å². The highest BCUT2D eigenvalue weighted by Gasteiger charge is 1.99. The first-order chi connectivity index (χ1) is 8.29. The Bertz CT molecular complexity index is 449. The molecule has 1 heterocycles. The van der Waals surface area contributed by atoms with Gasteiger partial charge in [-0.3, -0.25) is 4.98 Å². The zero-order valence-corrected chi connectivity index (χ0v) is 10.9. The van der Waals surface area contributed by atoms with Crippen molar-refractivity contribution in [2.45, 2.75) is 20.8 Å². The Balaban J connectivity index is 0.000000686. The first kappa shape index (κ1) is 13.2. The number of aryl methyl sites for hydroxylation is 1. The van der Waals surface area contributed by atoms with Gasteiger partial charge in [0.15, 0.2) is 0 Å². The van der Waals surface area contributed by atoms with E-state index in [4.69, 9.17) is 4.74 Å². The van der Waals surface area contributed by atoms with E-state index in [1.54, 1.807) is 7.11 Å². The summed E-state index contributed by atoms with van der Waals surface area (Å²) in [7, 11) is 1.67. The molecule has 0 N–H and O–H groups in total. The molecular formula is C15H19NO. The van der Waals surface area contributed by atoms with E-state index in [2.05, 4.69) is 4.98 Å². The van der Waals surface area contributed by atoms with E-state index >= 15 is 0 Å². The van der Waals surface area contributed by atoms with Gasteiger partial charge in [0, 0.05) is 11.3 Å². The number of hydrogen-bond donors (Lipinski definition) is 0. The third-order valence-electron chi connectivity index (χ3n) is 2.27. The Labute approximate surface area is 103 Å². The second-order valence-electron chi connectivity index (χ2n) is 3.39. The summed E-state index contributed by atoms with van der Waals surface area (Å²) in [5.74, 6) is 0.867. The molecule has 0 spiro atoms. The van der Waals surface area contributed by atoms with Crippen molar-refractivity contribution in [3.63, 3.8) is 0 Å². The van der Waals surface area contributed by atoms with Crippen molar-refractivity contribution < 1.29 is 4.74 Å². The zero-order valence-electron chi connectivity index (χ0n) is 10.9. The van der Waals surface area contributed by atoms with Crippen molar-refractivity contribution in [3.05, 3.63) is 48.2 Å². The lowest BCUT2D eigenvalue weighted by Gasteiger charge is -2.03. The molecule has 0 atom stereocenters. The van der Waals surface area contributed by atoms with E-state index in [1.807, 2.05) is 63.2 Å². The van der Waals surface area contributed by atoms with Gasteiger partial charge in [-0.1, -0.05) is 19.9 Å². The van der Waals surface area contributed by atoms with Crippen LogP contribution in [-0.2, 0) is 0 Å². The average Bonchev–Trinajstić information content (AvgIpc) is 2.41. The van der Waals surface area contributed by atoms with Gasteiger partial charge >= 0.3 is 0 Å². The molecule has 0 fully saturated rings. The van der Waals surface area contributed by atoms with Gasteiger partial charge < -0.3 is 4.74 Å². The van der Waals surface area contributed by atoms with Gasteiger partial charge in [-0.15, -0.1) is 0 Å². The van der Waals surface area contributed by atoms with Crippen molar-refractivity contribution in [3.8, 4) is 17.0 Å². The van der Waals surface area contributed by atoms with Crippen molar-refractivity contribution in [1.29, 1.82) is 0 Å². The molecule has 0 aliphatic rings. The molecule has 90 valence electrons. The number of hydrogen-bond acceptors (Lipinski definition) is 2. The summed E-state index contributed by atoms with van der Waals surface area (Å²) in [5.41, 5.74) is 3.14. The number of aromatic nitrogens is 1. The molecule has 2 rings (SSSR count). The second kappa shape index (κ2) is 6.69. The van der Waals surface area contributed by atoms with Crippen molar-refractivity contribution in [2.24, 2.45) is 0 Å². The average molecular weight is 229 g/mol. The van der Waals surface area contributed by atoms with Crippen LogP contribution in [-0.4, -0.2) is 12.1 Å². The van der Waals surface area contributed by atoms with Gasteiger partial charge in [0.1, 0.15) is 5.75 Å². The lowest BCUT2D eigenvalue weighted by Crippen LogP contribution is -1.86. The summed E-state index contributed by atoms with van der Waals surface area (Å²) in [5, 5.41) is 0. The Kier molecular flexibility index (Phi) is 5.21. The van der Waals surface area contributed by atoms with Crippen LogP contribution in [0.1, 0.15) is 19.5 Å². The second-order valence-corrected chi connectivity index (χ2v) is 3.39. The fraction of sp³-hybridized carbons (Fsp3) is 0.267. The number of methoxy groups -OCH3 is 1. The molecule has 1 aromatic carbocycles. The summed E-state index contributed by atoms with van der Waals surface area (Å²) in [6, 6.07) is 13.9. The van der Waals surface area contributed by atoms with Gasteiger partial charge in [-0.2, -0.15) is 0 Å². The minimum atomic E-state index is 0.867. The molecule has 2 aromatic rings. The summed E-state index contributed by atoms with van der Waals surface area (Å²) in [6.07, 6.45) is 0. The SMILES string of the molecule is CC.COc1ccc(-c2cccc(C)n2)cc1. The summed E-state index contributed by atoms with van der Waals surface area (Å²) >= 11 is 0. The molecule has 0 unspecified atom stereocenters. The molecule has 2 heteroatoms. The molecule has 0 amide bonds. The Morgan fingerprint density at radius 2 is 1.59 bits per heavy atom. The van der Waals surface area contributed by atoms with Crippen LogP contribution in [0.4, 0.5) is 0 Å². The quantitative estimate of drug-likeness (QED) is 0.773. The minimum absolute atomic E-state index is 0.867. The predicted molar refractivity (Wildman–Crippen MR) is 72.3 cm³/mol. The van der Waals surface area contributed by atoms with Crippen LogP contribution in [0.5, 0.6) is 5.75 Å². The van der Waals surface area contributed by atoms with Crippen LogP contribution in [0.2, 0.25) is 0 Å². The number of benzene rings is 1. The Morgan fingerprint density at radius 3 is 2.12 bits per heavy atom. The van der Waals surface area contributed by atoms with E-state index in [1.165, 1.54) is 0 Å². The monoisotopic (exact) mass is 229 g/mol. The van der Waals surface area contributed by atoms with E-state index in [0.29, 0.717) is 0 Å². The standard InChI is InChI=1S/C13H13NO.C2H6/c1-10-4-3-5-13(14-10)11-6-8-12(15-2)9-7-11;1-2/h3-9H,1-2H3;1-2H3. The molecule has 0 bridgehead atoms. The molecule has 2 nitrogen and oxygen atoms in total. The molecule has 0 aliphatic carbocycles. The lowest BCUT2D eigenvalue weighted by molar-refractivity contribution is 0.415. The van der Waals surface area contributed by atoms with Gasteiger partial charge in [0.2, 0.25) is 0 Å². The molecule has 0 aliphatic heterocycles. The maximum atomic E-state index is 5.11. The Morgan fingerprint density at radius 1 is 0.941 bits per heavy atom. The van der Waals surface area contributed by atoms with E-state index in [9.17, 15) is 0 Å². The van der Waals surface area contributed by atoms with Crippen molar-refractivity contribution in [1.82, 2.24) is 4.98 Å². The van der Waals surface area contributed by atoms with Crippen LogP contribution >= 0.6 is 0 Å². The van der Waals surface area contributed by atoms with Gasteiger partial charge in [-0.05, 0) is 43.3 Å². The van der Waals surface area contributed by atoms with E-state index in [0.717, 1.165) is 22.7 Å². The normalized spacial score (nSPS) is 9.18. The topological polar surface area (TPSA) is 22.1 Å². The molecule has 17 heavy (non-hydrogen) atoms. The highest BCUT2D eigenvalue weighted by atomic mass is 16.5. The molecule has 0 saturated carbocycles. The maximum absolute atomic E-state index is 5.11. The third kappa shape index (κ3) is 3.59. The summed E-state index contributed by atoms with van der Waals surface area (Å²) in [6.45, 7) is 5.99. The van der Waals surface area contributed by atoms with Gasteiger partial charge in [-0.25, -0.2) is 0 Å². The molecule has 0 radical (unpaired) electrons. The predicted octanol–water partition coefficient (Wildman–Crippen LogP) is 4.09. The highest BCUT2D eigenvalue weighted by Crippen LogP contribution is 2.20. The summed E-state index contributed by atoms with van der Waals surface area (Å²) in [4.78, 5) is 4.46. The maximum Gasteiger partial charge on any atom is 0.118 e. The van der Waals surface area contributed by atoms with Gasteiger partial charge in [0.25, 0.3) is 0 Å². The number of pyridine rings is 1. The van der Waals surface area contributed by atoms with Crippen LogP contribution in [0.15, 0.2) is 42.5 Å². The highest BCUT2D eigenvalue weighted by molar-refractivity contribution is 5.60. The summed E-state index contributed by atoms with van der Waals surface area (Å²) < 4.78 is 5.11. The number of ether oxygens (including phenoxy) is 1. The molecule has 0 saturated heterocycles. The van der Waals surface area contributed by atoms with Crippen LogP contribution in [0, 0.1) is 6.92 Å². The third-order valence-corrected chi connectivity index (χ3v) is 2.27. The van der Waals surface area contributed by atoms with Gasteiger partial charge in [0.05, 0.1) is 12.8 Å². The fourth-order valence-corrected chi connectivity index (χ4v) is 1.47. The largest absolute Gasteiger partial charge is 0.497 e. The lowest BCUT2D eigenvalue weighted by atomic mass is 10.1. The number of nitrogens with zero attached hydrogens (tertiary/aromatic N) is 1. The van der Waals surface area contributed by atoms with Crippen LogP contribution < -0.4 is 4.74 Å². The zero-order chi connectivity index (χ0) is 12.7. The molecule has 1 aromatic heterocycles. The first-order valence-corrected chi connectivity index (χ1v) is 5.87. The fourth-order valence-electron chi connectivity index (χ4n) is 1.47. The minimum Gasteiger partial charge on any atom is -0.497 e. The van der Waals surface area contributed by atoms with E-state index in [-0.39, 0.29) is 0 Å². The van der Waals surface area contributed by atoms with E-state index < -0.39 is 0 Å². The smallest absolute Gasteiger partial charge is 0.118 e.